The largest absolute Gasteiger partial charge is 0.491 e. The van der Waals surface area contributed by atoms with Gasteiger partial charge in [0.15, 0.2) is 6.10 Å². The van der Waals surface area contributed by atoms with Crippen molar-refractivity contribution >= 4 is 17.6 Å². The van der Waals surface area contributed by atoms with Crippen LogP contribution in [0.5, 0.6) is 5.75 Å². The van der Waals surface area contributed by atoms with E-state index in [-0.39, 0.29) is 17.4 Å². The molecule has 0 bridgehead atoms. The number of carbonyl (C=O) groups is 2. The van der Waals surface area contributed by atoms with E-state index in [0.29, 0.717) is 5.75 Å². The van der Waals surface area contributed by atoms with Gasteiger partial charge in [-0.1, -0.05) is 0 Å². The molecule has 8 heteroatoms. The summed E-state index contributed by atoms with van der Waals surface area (Å²) in [6.45, 7) is 5.12. The van der Waals surface area contributed by atoms with Gasteiger partial charge >= 0.3 is 12.1 Å². The maximum atomic E-state index is 12.5. The van der Waals surface area contributed by atoms with Gasteiger partial charge in [0.25, 0.3) is 5.91 Å². The van der Waals surface area contributed by atoms with E-state index < -0.39 is 29.7 Å². The number of alkyl halides is 3. The maximum absolute atomic E-state index is 12.5. The summed E-state index contributed by atoms with van der Waals surface area (Å²) in [7, 11) is 0. The van der Waals surface area contributed by atoms with Crippen molar-refractivity contribution in [3.63, 3.8) is 0 Å². The molecule has 2 rings (SSSR count). The first-order chi connectivity index (χ1) is 13.1. The molecule has 2 aromatic rings. The van der Waals surface area contributed by atoms with Crippen LogP contribution in [0.1, 0.15) is 36.7 Å². The minimum absolute atomic E-state index is 0.00767. The van der Waals surface area contributed by atoms with Crippen LogP contribution in [0.15, 0.2) is 48.5 Å². The number of ether oxygens (including phenoxy) is 2. The molecule has 0 saturated heterocycles. The number of hydrogen-bond acceptors (Lipinski definition) is 4. The van der Waals surface area contributed by atoms with Crippen LogP contribution < -0.4 is 10.1 Å². The Balaban J connectivity index is 1.93. The summed E-state index contributed by atoms with van der Waals surface area (Å²) in [5, 5.41) is 2.40. The smallest absolute Gasteiger partial charge is 0.416 e. The van der Waals surface area contributed by atoms with Gasteiger partial charge in [-0.15, -0.1) is 0 Å². The molecule has 2 aromatic carbocycles. The van der Waals surface area contributed by atoms with Crippen LogP contribution in [0, 0.1) is 0 Å². The maximum Gasteiger partial charge on any atom is 0.416 e. The van der Waals surface area contributed by atoms with Gasteiger partial charge in [0, 0.05) is 5.69 Å². The number of carbonyl (C=O) groups excluding carboxylic acids is 2. The molecule has 0 saturated carbocycles. The van der Waals surface area contributed by atoms with Crippen molar-refractivity contribution in [1.82, 2.24) is 0 Å². The zero-order valence-corrected chi connectivity index (χ0v) is 15.5. The highest BCUT2D eigenvalue weighted by Gasteiger charge is 2.30. The van der Waals surface area contributed by atoms with Crippen LogP contribution in [0.25, 0.3) is 0 Å². The summed E-state index contributed by atoms with van der Waals surface area (Å²) in [6, 6.07) is 10.2. The van der Waals surface area contributed by atoms with Crippen LogP contribution in [0.4, 0.5) is 18.9 Å². The Morgan fingerprint density at radius 3 is 2.00 bits per heavy atom. The summed E-state index contributed by atoms with van der Waals surface area (Å²) in [6.07, 6.45) is -5.60. The molecular weight excluding hydrogens is 375 g/mol. The SMILES string of the molecule is CC(C)Oc1ccc(C(=O)O[C@@H](C)C(=O)Nc2ccc(C(F)(F)F)cc2)cc1. The second-order valence-electron chi connectivity index (χ2n) is 6.30. The predicted molar refractivity (Wildman–Crippen MR) is 97.2 cm³/mol. The molecule has 1 N–H and O–H groups in total. The van der Waals surface area contributed by atoms with Gasteiger partial charge in [-0.05, 0) is 69.3 Å². The lowest BCUT2D eigenvalue weighted by molar-refractivity contribution is -0.137. The van der Waals surface area contributed by atoms with Gasteiger partial charge in [0.05, 0.1) is 17.2 Å². The van der Waals surface area contributed by atoms with Gasteiger partial charge in [-0.3, -0.25) is 4.79 Å². The Morgan fingerprint density at radius 2 is 1.50 bits per heavy atom. The van der Waals surface area contributed by atoms with Crippen LogP contribution in [0.3, 0.4) is 0 Å². The molecule has 0 aliphatic carbocycles. The summed E-state index contributed by atoms with van der Waals surface area (Å²) < 4.78 is 48.2. The van der Waals surface area contributed by atoms with E-state index in [4.69, 9.17) is 9.47 Å². The Bertz CT molecular complexity index is 815. The molecule has 1 atom stereocenters. The van der Waals surface area contributed by atoms with Crippen LogP contribution in [0.2, 0.25) is 0 Å². The number of benzene rings is 2. The van der Waals surface area contributed by atoms with Gasteiger partial charge in [0.1, 0.15) is 5.75 Å². The number of esters is 1. The fourth-order valence-corrected chi connectivity index (χ4v) is 2.21. The van der Waals surface area contributed by atoms with Crippen molar-refractivity contribution in [3.05, 3.63) is 59.7 Å². The Kier molecular flexibility index (Phi) is 6.66. The van der Waals surface area contributed by atoms with Crippen molar-refractivity contribution in [3.8, 4) is 5.75 Å². The normalized spacial score (nSPS) is 12.4. The molecule has 0 aliphatic rings. The number of hydrogen-bond donors (Lipinski definition) is 1. The van der Waals surface area contributed by atoms with Crippen molar-refractivity contribution in [2.75, 3.05) is 5.32 Å². The molecule has 150 valence electrons. The van der Waals surface area contributed by atoms with Crippen LogP contribution in [-0.4, -0.2) is 24.1 Å². The quantitative estimate of drug-likeness (QED) is 0.722. The topological polar surface area (TPSA) is 64.6 Å². The zero-order chi connectivity index (χ0) is 20.9. The van der Waals surface area contributed by atoms with Gasteiger partial charge in [-0.25, -0.2) is 4.79 Å². The van der Waals surface area contributed by atoms with Gasteiger partial charge in [-0.2, -0.15) is 13.2 Å². The predicted octanol–water partition coefficient (Wildman–Crippen LogP) is 4.68. The molecule has 1 amide bonds. The van der Waals surface area contributed by atoms with Crippen LogP contribution >= 0.6 is 0 Å². The number of anilines is 1. The summed E-state index contributed by atoms with van der Waals surface area (Å²) in [5.74, 6) is -0.765. The summed E-state index contributed by atoms with van der Waals surface area (Å²) >= 11 is 0. The Hall–Kier alpha value is -3.03. The molecule has 0 unspecified atom stereocenters. The molecule has 0 radical (unpaired) electrons. The van der Waals surface area contributed by atoms with Gasteiger partial charge in [0.2, 0.25) is 0 Å². The van der Waals surface area contributed by atoms with E-state index in [0.717, 1.165) is 24.3 Å². The second-order valence-corrected chi connectivity index (χ2v) is 6.30. The average Bonchev–Trinajstić information content (AvgIpc) is 2.61. The fourth-order valence-electron chi connectivity index (χ4n) is 2.21. The highest BCUT2D eigenvalue weighted by atomic mass is 19.4. The zero-order valence-electron chi connectivity index (χ0n) is 15.5. The molecule has 0 spiro atoms. The summed E-state index contributed by atoms with van der Waals surface area (Å²) in [4.78, 5) is 24.2. The molecule has 28 heavy (non-hydrogen) atoms. The molecule has 0 aliphatic heterocycles. The fraction of sp³-hybridized carbons (Fsp3) is 0.300. The molecule has 0 heterocycles. The molecule has 0 fully saturated rings. The van der Waals surface area contributed by atoms with Crippen molar-refractivity contribution in [2.24, 2.45) is 0 Å². The van der Waals surface area contributed by atoms with Crippen molar-refractivity contribution in [2.45, 2.75) is 39.2 Å². The summed E-state index contributed by atoms with van der Waals surface area (Å²) in [5.41, 5.74) is -0.420. The third-order valence-electron chi connectivity index (χ3n) is 3.59. The first-order valence-corrected chi connectivity index (χ1v) is 8.52. The standard InChI is InChI=1S/C20H20F3NO4/c1-12(2)27-17-10-4-14(5-11-17)19(26)28-13(3)18(25)24-16-8-6-15(7-9-16)20(21,22)23/h4-13H,1-3H3,(H,24,25)/t13-/m0/s1. The third-order valence-corrected chi connectivity index (χ3v) is 3.59. The highest BCUT2D eigenvalue weighted by molar-refractivity contribution is 5.97. The molecular formula is C20H20F3NO4. The van der Waals surface area contributed by atoms with E-state index >= 15 is 0 Å². The van der Waals surface area contributed by atoms with E-state index in [9.17, 15) is 22.8 Å². The number of amides is 1. The second kappa shape index (κ2) is 8.77. The minimum Gasteiger partial charge on any atom is -0.491 e. The van der Waals surface area contributed by atoms with Crippen molar-refractivity contribution in [1.29, 1.82) is 0 Å². The van der Waals surface area contributed by atoms with Crippen LogP contribution in [-0.2, 0) is 15.7 Å². The minimum atomic E-state index is -4.46. The highest BCUT2D eigenvalue weighted by Crippen LogP contribution is 2.29. The lowest BCUT2D eigenvalue weighted by Crippen LogP contribution is -2.30. The van der Waals surface area contributed by atoms with Gasteiger partial charge < -0.3 is 14.8 Å². The number of halogens is 3. The lowest BCUT2D eigenvalue weighted by Gasteiger charge is -2.14. The lowest BCUT2D eigenvalue weighted by atomic mass is 10.2. The van der Waals surface area contributed by atoms with E-state index in [2.05, 4.69) is 5.32 Å². The number of rotatable bonds is 6. The van der Waals surface area contributed by atoms with E-state index in [1.54, 1.807) is 12.1 Å². The average molecular weight is 395 g/mol. The Morgan fingerprint density at radius 1 is 0.929 bits per heavy atom. The third kappa shape index (κ3) is 6.00. The molecule has 5 nitrogen and oxygen atoms in total. The first-order valence-electron chi connectivity index (χ1n) is 8.52. The van der Waals surface area contributed by atoms with E-state index in [1.807, 2.05) is 13.8 Å². The number of nitrogens with one attached hydrogen (secondary N) is 1. The van der Waals surface area contributed by atoms with Crippen molar-refractivity contribution < 1.29 is 32.2 Å². The molecule has 0 aromatic heterocycles. The van der Waals surface area contributed by atoms with E-state index in [1.165, 1.54) is 19.1 Å². The Labute approximate surface area is 160 Å². The first kappa shape index (κ1) is 21.3. The monoisotopic (exact) mass is 395 g/mol.